The molecule has 5 heteroatoms. The average Bonchev–Trinajstić information content (AvgIpc) is 3.46. The van der Waals surface area contributed by atoms with Crippen molar-refractivity contribution < 1.29 is 9.21 Å². The highest BCUT2D eigenvalue weighted by atomic mass is 16.4. The summed E-state index contributed by atoms with van der Waals surface area (Å²) >= 11 is 0. The maximum atomic E-state index is 13.6. The van der Waals surface area contributed by atoms with Crippen molar-refractivity contribution in [1.82, 2.24) is 15.1 Å². The maximum absolute atomic E-state index is 13.6. The Balaban J connectivity index is 1.62. The van der Waals surface area contributed by atoms with Crippen molar-refractivity contribution >= 4 is 5.91 Å². The van der Waals surface area contributed by atoms with Gasteiger partial charge >= 0.3 is 0 Å². The molecule has 1 aromatic heterocycles. The van der Waals surface area contributed by atoms with Gasteiger partial charge in [0, 0.05) is 44.1 Å². The number of hydrogen-bond acceptors (Lipinski definition) is 4. The first-order valence-corrected chi connectivity index (χ1v) is 11.1. The summed E-state index contributed by atoms with van der Waals surface area (Å²) in [5.74, 6) is 2.46. The molecule has 2 saturated heterocycles. The summed E-state index contributed by atoms with van der Waals surface area (Å²) in [6.07, 6.45) is 0.807. The van der Waals surface area contributed by atoms with E-state index in [9.17, 15) is 4.79 Å². The summed E-state index contributed by atoms with van der Waals surface area (Å²) in [5.41, 5.74) is 2.37. The smallest absolute Gasteiger partial charge is 0.290 e. The van der Waals surface area contributed by atoms with Gasteiger partial charge in [0.1, 0.15) is 5.76 Å². The molecule has 0 radical (unpaired) electrons. The van der Waals surface area contributed by atoms with Gasteiger partial charge in [0.05, 0.1) is 6.04 Å². The van der Waals surface area contributed by atoms with Gasteiger partial charge in [-0.1, -0.05) is 51.1 Å². The highest BCUT2D eigenvalue weighted by Gasteiger charge is 2.47. The van der Waals surface area contributed by atoms with Crippen LogP contribution in [0.15, 0.2) is 40.8 Å². The van der Waals surface area contributed by atoms with Crippen LogP contribution in [-0.4, -0.2) is 48.4 Å². The highest BCUT2D eigenvalue weighted by molar-refractivity contribution is 5.92. The molecule has 1 aromatic carbocycles. The van der Waals surface area contributed by atoms with Crippen molar-refractivity contribution in [1.29, 1.82) is 0 Å². The zero-order chi connectivity index (χ0) is 20.4. The predicted molar refractivity (Wildman–Crippen MR) is 115 cm³/mol. The number of carbonyl (C=O) groups is 1. The number of hydrogen-bond donors (Lipinski definition) is 1. The Morgan fingerprint density at radius 1 is 1.17 bits per heavy atom. The van der Waals surface area contributed by atoms with E-state index in [4.69, 9.17) is 4.42 Å². The van der Waals surface area contributed by atoms with Gasteiger partial charge in [0.15, 0.2) is 5.76 Å². The van der Waals surface area contributed by atoms with Crippen molar-refractivity contribution in [3.8, 4) is 0 Å². The topological polar surface area (TPSA) is 48.7 Å². The molecule has 0 unspecified atom stereocenters. The Morgan fingerprint density at radius 2 is 1.93 bits per heavy atom. The Kier molecular flexibility index (Phi) is 6.07. The van der Waals surface area contributed by atoms with Crippen molar-refractivity contribution in [3.63, 3.8) is 0 Å². The van der Waals surface area contributed by atoms with Crippen LogP contribution in [0.1, 0.15) is 54.3 Å². The molecule has 29 heavy (non-hydrogen) atoms. The van der Waals surface area contributed by atoms with Gasteiger partial charge in [0.2, 0.25) is 0 Å². The Hall–Kier alpha value is -2.11. The average molecular weight is 396 g/mol. The van der Waals surface area contributed by atoms with Crippen LogP contribution >= 0.6 is 0 Å². The van der Waals surface area contributed by atoms with Gasteiger partial charge in [-0.05, 0) is 30.6 Å². The van der Waals surface area contributed by atoms with E-state index < -0.39 is 0 Å². The molecule has 3 heterocycles. The minimum Gasteiger partial charge on any atom is -0.456 e. The number of likely N-dealkylation sites (tertiary alicyclic amines) is 1. The first kappa shape index (κ1) is 20.2. The molecule has 2 aliphatic heterocycles. The number of benzene rings is 1. The SMILES string of the molecule is CCc1oc(C(=O)N2C[C@@H]3CNC[C@@H]3[C@@H]2c2ccccc2)cc1CN(CC)CC. The van der Waals surface area contributed by atoms with Crippen LogP contribution in [0.2, 0.25) is 0 Å². The number of nitrogens with one attached hydrogen (secondary N) is 1. The van der Waals surface area contributed by atoms with Crippen LogP contribution in [0, 0.1) is 11.8 Å². The van der Waals surface area contributed by atoms with E-state index in [1.165, 1.54) is 5.56 Å². The lowest BCUT2D eigenvalue weighted by Crippen LogP contribution is -2.34. The molecule has 1 N–H and O–H groups in total. The molecule has 0 aliphatic carbocycles. The minimum absolute atomic E-state index is 0.0359. The second kappa shape index (κ2) is 8.72. The van der Waals surface area contributed by atoms with Crippen LogP contribution in [0.5, 0.6) is 0 Å². The number of rotatable bonds is 7. The number of furan rings is 1. The zero-order valence-corrected chi connectivity index (χ0v) is 17.9. The van der Waals surface area contributed by atoms with Gasteiger partial charge in [0.25, 0.3) is 5.91 Å². The molecule has 3 atom stereocenters. The van der Waals surface area contributed by atoms with E-state index in [1.54, 1.807) is 0 Å². The van der Waals surface area contributed by atoms with Crippen LogP contribution in [0.25, 0.3) is 0 Å². The van der Waals surface area contributed by atoms with Crippen LogP contribution in [0.3, 0.4) is 0 Å². The van der Waals surface area contributed by atoms with E-state index in [-0.39, 0.29) is 11.9 Å². The summed E-state index contributed by atoms with van der Waals surface area (Å²) in [4.78, 5) is 18.0. The zero-order valence-electron chi connectivity index (χ0n) is 17.9. The standard InChI is InChI=1S/C24H33N3O2/c1-4-21-18(15-26(5-2)6-3)12-22(29-21)24(28)27-16-19-13-25-14-20(19)23(27)17-10-8-7-9-11-17/h7-12,19-20,23,25H,4-6,13-16H2,1-3H3/t19-,20-,23-/m0/s1. The predicted octanol–water partition coefficient (Wildman–Crippen LogP) is 3.72. The van der Waals surface area contributed by atoms with Gasteiger partial charge in [-0.3, -0.25) is 9.69 Å². The van der Waals surface area contributed by atoms with E-state index in [0.29, 0.717) is 17.6 Å². The molecular weight excluding hydrogens is 362 g/mol. The van der Waals surface area contributed by atoms with E-state index in [1.807, 2.05) is 12.1 Å². The second-order valence-electron chi connectivity index (χ2n) is 8.27. The fourth-order valence-electron chi connectivity index (χ4n) is 5.04. The molecule has 156 valence electrons. The molecular formula is C24H33N3O2. The van der Waals surface area contributed by atoms with E-state index >= 15 is 0 Å². The Bertz CT molecular complexity index is 828. The number of amides is 1. The molecule has 2 aliphatic rings. The molecule has 0 saturated carbocycles. The lowest BCUT2D eigenvalue weighted by Gasteiger charge is -2.27. The largest absolute Gasteiger partial charge is 0.456 e. The first-order chi connectivity index (χ1) is 14.2. The van der Waals surface area contributed by atoms with Crippen molar-refractivity contribution in [2.24, 2.45) is 11.8 Å². The molecule has 2 aromatic rings. The number of carbonyl (C=O) groups excluding carboxylic acids is 1. The molecule has 0 bridgehead atoms. The minimum atomic E-state index is 0.0359. The third kappa shape index (κ3) is 3.86. The summed E-state index contributed by atoms with van der Waals surface area (Å²) in [5, 5.41) is 3.51. The van der Waals surface area contributed by atoms with Gasteiger partial charge in [-0.15, -0.1) is 0 Å². The summed E-state index contributed by atoms with van der Waals surface area (Å²) in [6.45, 7) is 12.0. The van der Waals surface area contributed by atoms with Crippen LogP contribution in [0.4, 0.5) is 0 Å². The lowest BCUT2D eigenvalue weighted by atomic mass is 9.89. The Labute approximate surface area is 174 Å². The van der Waals surface area contributed by atoms with Gasteiger partial charge < -0.3 is 14.6 Å². The molecule has 4 rings (SSSR count). The van der Waals surface area contributed by atoms with Crippen LogP contribution in [-0.2, 0) is 13.0 Å². The van der Waals surface area contributed by atoms with Crippen molar-refractivity contribution in [2.75, 3.05) is 32.7 Å². The van der Waals surface area contributed by atoms with Crippen LogP contribution < -0.4 is 5.32 Å². The fourth-order valence-corrected chi connectivity index (χ4v) is 5.04. The molecule has 1 amide bonds. The number of fused-ring (bicyclic) bond motifs is 1. The third-order valence-electron chi connectivity index (χ3n) is 6.68. The second-order valence-corrected chi connectivity index (χ2v) is 8.27. The number of nitrogens with zero attached hydrogens (tertiary/aromatic N) is 2. The normalized spacial score (nSPS) is 23.7. The maximum Gasteiger partial charge on any atom is 0.290 e. The third-order valence-corrected chi connectivity index (χ3v) is 6.68. The fraction of sp³-hybridized carbons (Fsp3) is 0.542. The molecule has 0 spiro atoms. The summed E-state index contributed by atoms with van der Waals surface area (Å²) in [6, 6.07) is 12.6. The van der Waals surface area contributed by atoms with Crippen molar-refractivity contribution in [3.05, 3.63) is 59.0 Å². The summed E-state index contributed by atoms with van der Waals surface area (Å²) in [7, 11) is 0. The monoisotopic (exact) mass is 395 g/mol. The Morgan fingerprint density at radius 3 is 2.62 bits per heavy atom. The molecule has 5 nitrogen and oxygen atoms in total. The number of aryl methyl sites for hydroxylation is 1. The highest BCUT2D eigenvalue weighted by Crippen LogP contribution is 2.43. The first-order valence-electron chi connectivity index (χ1n) is 11.1. The van der Waals surface area contributed by atoms with Crippen molar-refractivity contribution in [2.45, 2.75) is 39.8 Å². The van der Waals surface area contributed by atoms with Gasteiger partial charge in [-0.2, -0.15) is 0 Å². The quantitative estimate of drug-likeness (QED) is 0.776. The van der Waals surface area contributed by atoms with E-state index in [2.05, 4.69) is 60.2 Å². The summed E-state index contributed by atoms with van der Waals surface area (Å²) < 4.78 is 6.10. The molecule has 2 fully saturated rings. The lowest BCUT2D eigenvalue weighted by molar-refractivity contribution is 0.0680. The van der Waals surface area contributed by atoms with Gasteiger partial charge in [-0.25, -0.2) is 0 Å². The van der Waals surface area contributed by atoms with E-state index in [0.717, 1.165) is 57.0 Å².